The van der Waals surface area contributed by atoms with Crippen LogP contribution in [0, 0.1) is 11.3 Å². The summed E-state index contributed by atoms with van der Waals surface area (Å²) in [4.78, 5) is 26.6. The van der Waals surface area contributed by atoms with Crippen molar-refractivity contribution >= 4 is 23.5 Å². The van der Waals surface area contributed by atoms with Crippen molar-refractivity contribution in [1.82, 2.24) is 4.90 Å². The Morgan fingerprint density at radius 2 is 1.63 bits per heavy atom. The summed E-state index contributed by atoms with van der Waals surface area (Å²) >= 11 is 6.42. The zero-order chi connectivity index (χ0) is 31.5. The smallest absolute Gasteiger partial charge is 0.422 e. The number of benzene rings is 3. The normalized spacial score (nSPS) is 15.2. The molecule has 1 unspecified atom stereocenters. The number of ether oxygens (including phenoxy) is 2. The van der Waals surface area contributed by atoms with Crippen molar-refractivity contribution < 1.29 is 50.5 Å². The largest absolute Gasteiger partial charge is 0.483 e. The number of rotatable bonds is 8. The molecule has 1 fully saturated rings. The molecule has 3 aromatic carbocycles. The van der Waals surface area contributed by atoms with Crippen LogP contribution in [0.3, 0.4) is 0 Å². The second kappa shape index (κ2) is 12.4. The van der Waals surface area contributed by atoms with Crippen LogP contribution in [0.2, 0.25) is 5.02 Å². The molecule has 0 radical (unpaired) electrons. The van der Waals surface area contributed by atoms with Gasteiger partial charge >= 0.3 is 18.3 Å². The van der Waals surface area contributed by atoms with Crippen molar-refractivity contribution in [2.45, 2.75) is 31.2 Å². The highest BCUT2D eigenvalue weighted by molar-refractivity contribution is 6.33. The third-order valence-electron chi connectivity index (χ3n) is 6.53. The number of amides is 1. The number of hydrogen-bond donors (Lipinski definition) is 1. The number of nitrogens with zero attached hydrogens (tertiary/aromatic N) is 2. The Hall–Kier alpha value is -4.44. The van der Waals surface area contributed by atoms with Gasteiger partial charge in [-0.3, -0.25) is 4.79 Å². The zero-order valence-electron chi connectivity index (χ0n) is 21.9. The number of hydrogen-bond acceptors (Lipinski definition) is 5. The maximum atomic E-state index is 13.6. The van der Waals surface area contributed by atoms with Crippen molar-refractivity contribution in [2.24, 2.45) is 0 Å². The Kier molecular flexibility index (Phi) is 9.10. The summed E-state index contributed by atoms with van der Waals surface area (Å²) in [5.41, 5.74) is -0.110. The maximum absolute atomic E-state index is 13.6. The summed E-state index contributed by atoms with van der Waals surface area (Å²) in [6.07, 6.45) is -8.94. The zero-order valence-corrected chi connectivity index (χ0v) is 22.7. The minimum atomic E-state index is -4.86. The number of nitriles is 1. The number of carbonyl (C=O) groups is 2. The molecule has 7 nitrogen and oxygen atoms in total. The molecule has 226 valence electrons. The van der Waals surface area contributed by atoms with Crippen LogP contribution in [0.5, 0.6) is 11.5 Å². The molecule has 3 aromatic rings. The fourth-order valence-electron chi connectivity index (χ4n) is 4.70. The number of likely N-dealkylation sites (tertiary alicyclic amines) is 1. The third kappa shape index (κ3) is 7.32. The number of carbonyl (C=O) groups excluding carboxylic acids is 1. The minimum absolute atomic E-state index is 0.0494. The summed E-state index contributed by atoms with van der Waals surface area (Å²) in [7, 11) is 0. The Morgan fingerprint density at radius 3 is 2.26 bits per heavy atom. The van der Waals surface area contributed by atoms with Gasteiger partial charge in [0, 0.05) is 28.3 Å². The van der Waals surface area contributed by atoms with E-state index in [4.69, 9.17) is 16.3 Å². The molecule has 0 aromatic heterocycles. The van der Waals surface area contributed by atoms with Gasteiger partial charge in [0.25, 0.3) is 5.91 Å². The number of carboxylic acid groups (broad SMARTS) is 1. The summed E-state index contributed by atoms with van der Waals surface area (Å²) in [6, 6.07) is 13.1. The van der Waals surface area contributed by atoms with Crippen molar-refractivity contribution in [1.29, 1.82) is 5.26 Å². The molecule has 1 atom stereocenters. The fraction of sp³-hybridized carbons (Fsp3) is 0.276. The highest BCUT2D eigenvalue weighted by atomic mass is 35.5. The topological polar surface area (TPSA) is 99.9 Å². The highest BCUT2D eigenvalue weighted by Gasteiger charge is 2.36. The van der Waals surface area contributed by atoms with Crippen LogP contribution in [-0.2, 0) is 4.79 Å². The van der Waals surface area contributed by atoms with Gasteiger partial charge in [-0.05, 0) is 54.3 Å². The van der Waals surface area contributed by atoms with E-state index in [1.807, 2.05) is 0 Å². The monoisotopic (exact) mass is 626 g/mol. The van der Waals surface area contributed by atoms with Crippen molar-refractivity contribution in [3.63, 3.8) is 0 Å². The summed E-state index contributed by atoms with van der Waals surface area (Å²) < 4.78 is 87.4. The van der Waals surface area contributed by atoms with E-state index < -0.39 is 60.5 Å². The molecule has 1 amide bonds. The number of alkyl halides is 6. The van der Waals surface area contributed by atoms with Crippen LogP contribution in [-0.4, -0.2) is 60.0 Å². The van der Waals surface area contributed by atoms with Crippen molar-refractivity contribution in [2.75, 3.05) is 19.8 Å². The van der Waals surface area contributed by atoms with Gasteiger partial charge in [-0.15, -0.1) is 0 Å². The molecule has 0 spiro atoms. The van der Waals surface area contributed by atoms with Crippen LogP contribution in [0.1, 0.15) is 28.8 Å². The molecule has 1 saturated heterocycles. The van der Waals surface area contributed by atoms with Gasteiger partial charge in [-0.2, -0.15) is 31.6 Å². The van der Waals surface area contributed by atoms with Gasteiger partial charge in [-0.1, -0.05) is 35.9 Å². The van der Waals surface area contributed by atoms with E-state index in [-0.39, 0.29) is 40.2 Å². The van der Waals surface area contributed by atoms with E-state index in [2.05, 4.69) is 4.74 Å². The molecule has 1 aliphatic rings. The lowest BCUT2D eigenvalue weighted by atomic mass is 9.92. The lowest BCUT2D eigenvalue weighted by molar-refractivity contribution is -0.154. The molecule has 14 heteroatoms. The SMILES string of the molecule is N#Cc1c(OCC(F)(F)F)ccc(-c2ccc(C(=O)N3CCCC3C(=O)O)c(-c3ccccc3Cl)c2)c1OCC(F)(F)F. The van der Waals surface area contributed by atoms with Crippen LogP contribution in [0.25, 0.3) is 22.3 Å². The maximum Gasteiger partial charge on any atom is 0.422 e. The second-order valence-electron chi connectivity index (χ2n) is 9.47. The molecule has 1 N–H and O–H groups in total. The van der Waals surface area contributed by atoms with Crippen LogP contribution in [0.4, 0.5) is 26.3 Å². The molecule has 4 rings (SSSR count). The predicted octanol–water partition coefficient (Wildman–Crippen LogP) is 7.12. The van der Waals surface area contributed by atoms with E-state index in [9.17, 15) is 46.3 Å². The summed E-state index contributed by atoms with van der Waals surface area (Å²) in [6.45, 7) is -3.49. The summed E-state index contributed by atoms with van der Waals surface area (Å²) in [5.74, 6) is -3.12. The van der Waals surface area contributed by atoms with Crippen molar-refractivity contribution in [3.8, 4) is 39.8 Å². The summed E-state index contributed by atoms with van der Waals surface area (Å²) in [5, 5.41) is 19.5. The standard InChI is InChI=1S/C29H21ClF6N2O5/c30-22-5-2-1-4-18(22)20-12-16(7-8-19(20)26(39)38-11-3-6-23(38)27(40)41)17-9-10-24(42-14-28(31,32)33)21(13-37)25(17)43-15-29(34,35)36/h1-2,4-5,7-10,12,23H,3,6,11,14-15H2,(H,40,41). The van der Waals surface area contributed by atoms with Gasteiger partial charge in [0.15, 0.2) is 13.2 Å². The Bertz CT molecular complexity index is 1580. The van der Waals surface area contributed by atoms with E-state index >= 15 is 0 Å². The lowest BCUT2D eigenvalue weighted by Crippen LogP contribution is -2.40. The molecule has 0 bridgehead atoms. The molecule has 1 heterocycles. The van der Waals surface area contributed by atoms with E-state index in [1.165, 1.54) is 29.2 Å². The molecular weight excluding hydrogens is 606 g/mol. The number of carboxylic acids is 1. The first kappa shape index (κ1) is 31.5. The average molecular weight is 627 g/mol. The predicted molar refractivity (Wildman–Crippen MR) is 142 cm³/mol. The first-order valence-electron chi connectivity index (χ1n) is 12.6. The number of halogens is 7. The van der Waals surface area contributed by atoms with E-state index in [0.29, 0.717) is 12.0 Å². The van der Waals surface area contributed by atoms with Gasteiger partial charge < -0.3 is 19.5 Å². The molecular formula is C29H21ClF6N2O5. The first-order chi connectivity index (χ1) is 20.2. The Labute approximate surface area is 245 Å². The molecule has 0 aliphatic carbocycles. The minimum Gasteiger partial charge on any atom is -0.483 e. The molecule has 1 aliphatic heterocycles. The fourth-order valence-corrected chi connectivity index (χ4v) is 4.94. The quantitative estimate of drug-likeness (QED) is 0.267. The van der Waals surface area contributed by atoms with Crippen molar-refractivity contribution in [3.05, 3.63) is 70.7 Å². The van der Waals surface area contributed by atoms with Gasteiger partial charge in [-0.25, -0.2) is 4.79 Å². The van der Waals surface area contributed by atoms with E-state index in [1.54, 1.807) is 24.3 Å². The number of aliphatic carboxylic acids is 1. The third-order valence-corrected chi connectivity index (χ3v) is 6.86. The Balaban J connectivity index is 1.89. The van der Waals surface area contributed by atoms with Crippen LogP contribution >= 0.6 is 11.6 Å². The highest BCUT2D eigenvalue weighted by Crippen LogP contribution is 2.42. The molecule has 43 heavy (non-hydrogen) atoms. The van der Waals surface area contributed by atoms with Crippen LogP contribution in [0.15, 0.2) is 54.6 Å². The van der Waals surface area contributed by atoms with Gasteiger partial charge in [0.2, 0.25) is 0 Å². The lowest BCUT2D eigenvalue weighted by Gasteiger charge is -2.24. The van der Waals surface area contributed by atoms with E-state index in [0.717, 1.165) is 12.1 Å². The van der Waals surface area contributed by atoms with Crippen LogP contribution < -0.4 is 9.47 Å². The molecule has 0 saturated carbocycles. The average Bonchev–Trinajstić information content (AvgIpc) is 3.44. The first-order valence-corrected chi connectivity index (χ1v) is 13.0. The Morgan fingerprint density at radius 1 is 0.953 bits per heavy atom. The van der Waals surface area contributed by atoms with Gasteiger partial charge in [0.05, 0.1) is 0 Å². The second-order valence-corrected chi connectivity index (χ2v) is 9.88. The van der Waals surface area contributed by atoms with Gasteiger partial charge in [0.1, 0.15) is 29.2 Å².